The van der Waals surface area contributed by atoms with Crippen LogP contribution in [0.15, 0.2) is 30.5 Å². The Morgan fingerprint density at radius 3 is 2.75 bits per heavy atom. The molecule has 8 nitrogen and oxygen atoms in total. The van der Waals surface area contributed by atoms with Crippen LogP contribution in [-0.2, 0) is 11.3 Å². The summed E-state index contributed by atoms with van der Waals surface area (Å²) in [5, 5.41) is 24.1. The van der Waals surface area contributed by atoms with Crippen LogP contribution in [0, 0.1) is 0 Å². The molecule has 8 heteroatoms. The maximum absolute atomic E-state index is 11.8. The third-order valence-corrected chi connectivity index (χ3v) is 5.77. The van der Waals surface area contributed by atoms with E-state index in [0.29, 0.717) is 13.0 Å². The zero-order valence-corrected chi connectivity index (χ0v) is 16.2. The van der Waals surface area contributed by atoms with Crippen molar-refractivity contribution >= 4 is 5.91 Å². The van der Waals surface area contributed by atoms with Crippen LogP contribution in [0.3, 0.4) is 0 Å². The summed E-state index contributed by atoms with van der Waals surface area (Å²) in [5.41, 5.74) is 3.15. The highest BCUT2D eigenvalue weighted by atomic mass is 16.3. The molecule has 1 amide bonds. The number of benzene rings is 1. The fourth-order valence-electron chi connectivity index (χ4n) is 4.00. The Kier molecular flexibility index (Phi) is 5.70. The third-order valence-electron chi connectivity index (χ3n) is 5.77. The second-order valence-electron chi connectivity index (χ2n) is 7.75. The molecule has 0 unspecified atom stereocenters. The van der Waals surface area contributed by atoms with Crippen LogP contribution in [0.4, 0.5) is 0 Å². The van der Waals surface area contributed by atoms with Gasteiger partial charge in [-0.1, -0.05) is 29.5 Å². The lowest BCUT2D eigenvalue weighted by Gasteiger charge is -2.29. The van der Waals surface area contributed by atoms with Crippen LogP contribution in [0.25, 0.3) is 11.3 Å². The van der Waals surface area contributed by atoms with Crippen LogP contribution < -0.4 is 10.6 Å². The van der Waals surface area contributed by atoms with Crippen LogP contribution >= 0.6 is 0 Å². The molecule has 1 aromatic heterocycles. The van der Waals surface area contributed by atoms with Gasteiger partial charge in [0.25, 0.3) is 0 Å². The quantitative estimate of drug-likeness (QED) is 0.697. The van der Waals surface area contributed by atoms with E-state index in [1.165, 1.54) is 5.56 Å². The second kappa shape index (κ2) is 8.38. The minimum Gasteiger partial charge on any atom is -0.393 e. The van der Waals surface area contributed by atoms with Gasteiger partial charge in [-0.25, -0.2) is 4.68 Å². The highest BCUT2D eigenvalue weighted by Crippen LogP contribution is 2.23. The maximum Gasteiger partial charge on any atom is 0.236 e. The van der Waals surface area contributed by atoms with Gasteiger partial charge in [-0.2, -0.15) is 0 Å². The largest absolute Gasteiger partial charge is 0.393 e. The van der Waals surface area contributed by atoms with Gasteiger partial charge in [0.05, 0.1) is 24.4 Å². The van der Waals surface area contributed by atoms with Gasteiger partial charge in [-0.05, 0) is 24.8 Å². The summed E-state index contributed by atoms with van der Waals surface area (Å²) < 4.78 is 1.86. The SMILES string of the molecule is CNC(=O)[C@@H]1C[C@H](n2cc(-c3ccc(CN4CCC(O)CC4)cc3)nn2)CN1. The number of rotatable bonds is 5. The van der Waals surface area contributed by atoms with Crippen LogP contribution in [0.5, 0.6) is 0 Å². The van der Waals surface area contributed by atoms with Crippen molar-refractivity contribution in [1.82, 2.24) is 30.5 Å². The Hall–Kier alpha value is -2.29. The van der Waals surface area contributed by atoms with Gasteiger partial charge in [0.2, 0.25) is 5.91 Å². The van der Waals surface area contributed by atoms with E-state index in [1.807, 2.05) is 10.9 Å². The lowest BCUT2D eigenvalue weighted by Crippen LogP contribution is -2.38. The van der Waals surface area contributed by atoms with Gasteiger partial charge >= 0.3 is 0 Å². The molecule has 2 fully saturated rings. The molecule has 0 aliphatic carbocycles. The van der Waals surface area contributed by atoms with Crippen LogP contribution in [0.1, 0.15) is 30.9 Å². The molecule has 150 valence electrons. The smallest absolute Gasteiger partial charge is 0.236 e. The van der Waals surface area contributed by atoms with E-state index in [2.05, 4.69) is 50.1 Å². The Morgan fingerprint density at radius 2 is 2.04 bits per heavy atom. The lowest BCUT2D eigenvalue weighted by molar-refractivity contribution is -0.122. The second-order valence-corrected chi connectivity index (χ2v) is 7.75. The fourth-order valence-corrected chi connectivity index (χ4v) is 4.00. The Morgan fingerprint density at radius 1 is 1.29 bits per heavy atom. The van der Waals surface area contributed by atoms with Gasteiger partial charge < -0.3 is 15.7 Å². The summed E-state index contributed by atoms with van der Waals surface area (Å²) >= 11 is 0. The van der Waals surface area contributed by atoms with Gasteiger partial charge in [0, 0.05) is 38.8 Å². The van der Waals surface area contributed by atoms with Crippen molar-refractivity contribution < 1.29 is 9.90 Å². The molecule has 2 atom stereocenters. The van der Waals surface area contributed by atoms with Crippen molar-refractivity contribution in [3.8, 4) is 11.3 Å². The first kappa shape index (κ1) is 19.0. The van der Waals surface area contributed by atoms with Crippen molar-refractivity contribution in [2.45, 2.75) is 44.0 Å². The molecule has 0 radical (unpaired) electrons. The molecular formula is C20H28N6O2. The van der Waals surface area contributed by atoms with Gasteiger partial charge in [-0.3, -0.25) is 9.69 Å². The minimum absolute atomic E-state index is 0.0154. The molecular weight excluding hydrogens is 356 g/mol. The molecule has 0 saturated carbocycles. The van der Waals surface area contributed by atoms with Gasteiger partial charge in [0.1, 0.15) is 5.69 Å². The van der Waals surface area contributed by atoms with Crippen molar-refractivity contribution in [1.29, 1.82) is 0 Å². The van der Waals surface area contributed by atoms with E-state index in [0.717, 1.165) is 43.7 Å². The molecule has 0 bridgehead atoms. The number of nitrogens with one attached hydrogen (secondary N) is 2. The first-order valence-electron chi connectivity index (χ1n) is 9.99. The predicted molar refractivity (Wildman–Crippen MR) is 105 cm³/mol. The van der Waals surface area contributed by atoms with Gasteiger partial charge in [-0.15, -0.1) is 5.10 Å². The summed E-state index contributed by atoms with van der Waals surface area (Å²) in [6.07, 6.45) is 4.25. The zero-order chi connectivity index (χ0) is 19.5. The average molecular weight is 384 g/mol. The number of likely N-dealkylation sites (tertiary alicyclic amines) is 1. The molecule has 2 aromatic rings. The Balaban J connectivity index is 1.37. The summed E-state index contributed by atoms with van der Waals surface area (Å²) in [5.74, 6) is 0.0154. The monoisotopic (exact) mass is 384 g/mol. The number of likely N-dealkylation sites (N-methyl/N-ethyl adjacent to an activating group) is 1. The van der Waals surface area contributed by atoms with E-state index in [4.69, 9.17) is 0 Å². The normalized spacial score (nSPS) is 23.8. The van der Waals surface area contributed by atoms with Crippen molar-refractivity contribution in [3.63, 3.8) is 0 Å². The average Bonchev–Trinajstić information content (AvgIpc) is 3.39. The van der Waals surface area contributed by atoms with Crippen molar-refractivity contribution in [2.24, 2.45) is 0 Å². The number of nitrogens with zero attached hydrogens (tertiary/aromatic N) is 4. The summed E-state index contributed by atoms with van der Waals surface area (Å²) in [6.45, 7) is 3.52. The molecule has 3 heterocycles. The molecule has 4 rings (SSSR count). The molecule has 1 aromatic carbocycles. The summed E-state index contributed by atoms with van der Waals surface area (Å²) in [6, 6.07) is 8.41. The molecule has 3 N–H and O–H groups in total. The van der Waals surface area contributed by atoms with E-state index in [9.17, 15) is 9.90 Å². The van der Waals surface area contributed by atoms with E-state index in [1.54, 1.807) is 7.05 Å². The highest BCUT2D eigenvalue weighted by molar-refractivity contribution is 5.81. The van der Waals surface area contributed by atoms with E-state index >= 15 is 0 Å². The number of piperidine rings is 1. The first-order chi connectivity index (χ1) is 13.6. The number of aliphatic hydroxyl groups is 1. The van der Waals surface area contributed by atoms with Crippen molar-refractivity contribution in [3.05, 3.63) is 36.0 Å². The topological polar surface area (TPSA) is 95.3 Å². The Bertz CT molecular complexity index is 797. The fraction of sp³-hybridized carbons (Fsp3) is 0.550. The number of hydrogen-bond acceptors (Lipinski definition) is 6. The lowest BCUT2D eigenvalue weighted by atomic mass is 10.1. The van der Waals surface area contributed by atoms with E-state index < -0.39 is 0 Å². The van der Waals surface area contributed by atoms with Gasteiger partial charge in [0.15, 0.2) is 0 Å². The highest BCUT2D eigenvalue weighted by Gasteiger charge is 2.30. The number of aromatic nitrogens is 3. The number of carbonyl (C=O) groups is 1. The third kappa shape index (κ3) is 4.24. The zero-order valence-electron chi connectivity index (χ0n) is 16.2. The number of aliphatic hydroxyl groups excluding tert-OH is 1. The molecule has 28 heavy (non-hydrogen) atoms. The van der Waals surface area contributed by atoms with Crippen LogP contribution in [-0.4, -0.2) is 69.7 Å². The molecule has 2 aliphatic heterocycles. The number of amides is 1. The minimum atomic E-state index is -0.169. The maximum atomic E-state index is 11.8. The Labute approximate surface area is 164 Å². The predicted octanol–water partition coefficient (Wildman–Crippen LogP) is 0.551. The number of carbonyl (C=O) groups excluding carboxylic acids is 1. The molecule has 2 saturated heterocycles. The number of hydrogen-bond donors (Lipinski definition) is 3. The van der Waals surface area contributed by atoms with Crippen molar-refractivity contribution in [2.75, 3.05) is 26.7 Å². The van der Waals surface area contributed by atoms with E-state index in [-0.39, 0.29) is 24.1 Å². The summed E-state index contributed by atoms with van der Waals surface area (Å²) in [4.78, 5) is 14.2. The molecule has 0 spiro atoms. The summed E-state index contributed by atoms with van der Waals surface area (Å²) in [7, 11) is 1.66. The molecule has 2 aliphatic rings. The van der Waals surface area contributed by atoms with Crippen LogP contribution in [0.2, 0.25) is 0 Å². The first-order valence-corrected chi connectivity index (χ1v) is 9.99. The standard InChI is InChI=1S/C20H28N6O2/c1-21-20(28)18-10-16(11-22-18)26-13-19(23-24-26)15-4-2-14(3-5-15)12-25-8-6-17(27)7-9-25/h2-5,13,16-18,22,27H,6-12H2,1H3,(H,21,28)/t16-,18-/m0/s1.